The summed E-state index contributed by atoms with van der Waals surface area (Å²) < 4.78 is 5.19. The number of hydrogen-bond donors (Lipinski definition) is 2. The van der Waals surface area contributed by atoms with Crippen molar-refractivity contribution in [3.05, 3.63) is 12.7 Å². The van der Waals surface area contributed by atoms with Crippen molar-refractivity contribution in [2.75, 3.05) is 19.7 Å². The van der Waals surface area contributed by atoms with Crippen LogP contribution in [-0.2, 0) is 9.53 Å². The average molecular weight is 355 g/mol. The maximum atomic E-state index is 11.3. The molecule has 0 aliphatic carbocycles. The molecule has 0 aliphatic heterocycles. The Labute approximate surface area is 156 Å². The van der Waals surface area contributed by atoms with E-state index in [0.29, 0.717) is 6.61 Å². The van der Waals surface area contributed by atoms with Gasteiger partial charge in [-0.2, -0.15) is 0 Å². The molecule has 0 atom stereocenters. The standard InChI is InChI=1S/C21H42N2O2/c1-4-7-9-11-13-15-17-22-20(19-25-21(24)6-3)23-18-16-14-12-10-8-5-2/h6,20,22-23H,3-5,7-19H2,1-2H3. The van der Waals surface area contributed by atoms with E-state index in [2.05, 4.69) is 31.1 Å². The second kappa shape index (κ2) is 19.5. The molecule has 0 fully saturated rings. The number of carbonyl (C=O) groups excluding carboxylic acids is 1. The average Bonchev–Trinajstić information content (AvgIpc) is 2.63. The molecule has 0 rings (SSSR count). The first-order valence-electron chi connectivity index (χ1n) is 10.5. The predicted octanol–water partition coefficient (Wildman–Crippen LogP) is 4.94. The second-order valence-electron chi connectivity index (χ2n) is 6.83. The maximum absolute atomic E-state index is 11.3. The van der Waals surface area contributed by atoms with Gasteiger partial charge < -0.3 is 4.74 Å². The number of hydrogen-bond acceptors (Lipinski definition) is 4. The molecule has 2 N–H and O–H groups in total. The Balaban J connectivity index is 3.82. The van der Waals surface area contributed by atoms with Crippen LogP contribution in [0.2, 0.25) is 0 Å². The van der Waals surface area contributed by atoms with Crippen LogP contribution in [0.5, 0.6) is 0 Å². The smallest absolute Gasteiger partial charge is 0.330 e. The van der Waals surface area contributed by atoms with E-state index in [4.69, 9.17) is 4.74 Å². The number of unbranched alkanes of at least 4 members (excludes halogenated alkanes) is 10. The zero-order chi connectivity index (χ0) is 18.6. The summed E-state index contributed by atoms with van der Waals surface area (Å²) in [7, 11) is 0. The van der Waals surface area contributed by atoms with Gasteiger partial charge >= 0.3 is 5.97 Å². The van der Waals surface area contributed by atoms with E-state index in [1.807, 2.05) is 0 Å². The summed E-state index contributed by atoms with van der Waals surface area (Å²) in [5, 5.41) is 6.96. The largest absolute Gasteiger partial charge is 0.459 e. The van der Waals surface area contributed by atoms with Crippen LogP contribution in [0.3, 0.4) is 0 Å². The molecule has 0 radical (unpaired) electrons. The Morgan fingerprint density at radius 3 is 1.72 bits per heavy atom. The first-order chi connectivity index (χ1) is 12.2. The highest BCUT2D eigenvalue weighted by atomic mass is 16.5. The van der Waals surface area contributed by atoms with Gasteiger partial charge in [0.05, 0.1) is 6.17 Å². The molecular formula is C21H42N2O2. The van der Waals surface area contributed by atoms with Gasteiger partial charge in [-0.25, -0.2) is 4.79 Å². The minimum atomic E-state index is -0.354. The molecule has 0 aromatic rings. The van der Waals surface area contributed by atoms with Crippen LogP contribution in [0, 0.1) is 0 Å². The topological polar surface area (TPSA) is 50.4 Å². The summed E-state index contributed by atoms with van der Waals surface area (Å²) in [6.07, 6.45) is 16.7. The minimum absolute atomic E-state index is 0.0372. The number of ether oxygens (including phenoxy) is 1. The summed E-state index contributed by atoms with van der Waals surface area (Å²) in [5.41, 5.74) is 0. The molecule has 0 aliphatic rings. The molecule has 0 amide bonds. The Kier molecular flexibility index (Phi) is 18.8. The minimum Gasteiger partial charge on any atom is -0.459 e. The third-order valence-corrected chi connectivity index (χ3v) is 4.40. The lowest BCUT2D eigenvalue weighted by Gasteiger charge is -2.20. The van der Waals surface area contributed by atoms with Gasteiger partial charge in [-0.3, -0.25) is 10.6 Å². The summed E-state index contributed by atoms with van der Waals surface area (Å²) in [5.74, 6) is -0.354. The molecule has 0 saturated heterocycles. The summed E-state index contributed by atoms with van der Waals surface area (Å²) in [6.45, 7) is 10.2. The van der Waals surface area contributed by atoms with Crippen LogP contribution in [0.4, 0.5) is 0 Å². The van der Waals surface area contributed by atoms with Gasteiger partial charge in [0.25, 0.3) is 0 Å². The highest BCUT2D eigenvalue weighted by Gasteiger charge is 2.09. The van der Waals surface area contributed by atoms with E-state index < -0.39 is 0 Å². The number of rotatable bonds is 19. The summed E-state index contributed by atoms with van der Waals surface area (Å²) in [4.78, 5) is 11.3. The zero-order valence-electron chi connectivity index (χ0n) is 16.8. The number of esters is 1. The molecule has 0 aromatic heterocycles. The van der Waals surface area contributed by atoms with Crippen LogP contribution in [0.25, 0.3) is 0 Å². The molecule has 0 bridgehead atoms. The van der Waals surface area contributed by atoms with Crippen LogP contribution >= 0.6 is 0 Å². The molecule has 0 heterocycles. The lowest BCUT2D eigenvalue weighted by Crippen LogP contribution is -2.46. The fraction of sp³-hybridized carbons (Fsp3) is 0.857. The maximum Gasteiger partial charge on any atom is 0.330 e. The quantitative estimate of drug-likeness (QED) is 0.149. The molecule has 0 saturated carbocycles. The first-order valence-corrected chi connectivity index (χ1v) is 10.5. The molecule has 0 unspecified atom stereocenters. The molecule has 25 heavy (non-hydrogen) atoms. The van der Waals surface area contributed by atoms with Gasteiger partial charge in [0.1, 0.15) is 6.61 Å². The van der Waals surface area contributed by atoms with Gasteiger partial charge in [0.2, 0.25) is 0 Å². The molecule has 148 valence electrons. The van der Waals surface area contributed by atoms with Crippen LogP contribution in [-0.4, -0.2) is 31.8 Å². The van der Waals surface area contributed by atoms with Crippen LogP contribution < -0.4 is 10.6 Å². The Bertz CT molecular complexity index is 290. The van der Waals surface area contributed by atoms with Gasteiger partial charge in [-0.15, -0.1) is 0 Å². The van der Waals surface area contributed by atoms with Crippen molar-refractivity contribution < 1.29 is 9.53 Å². The SMILES string of the molecule is C=CC(=O)OCC(NCCCCCCCC)NCCCCCCCC. The molecule has 0 spiro atoms. The molecule has 0 aromatic carbocycles. The lowest BCUT2D eigenvalue weighted by atomic mass is 10.1. The molecule has 4 heteroatoms. The van der Waals surface area contributed by atoms with Crippen molar-refractivity contribution in [2.24, 2.45) is 0 Å². The number of carbonyl (C=O) groups is 1. The molecule has 4 nitrogen and oxygen atoms in total. The summed E-state index contributed by atoms with van der Waals surface area (Å²) in [6, 6.07) is 0. The van der Waals surface area contributed by atoms with E-state index in [-0.39, 0.29) is 12.1 Å². The van der Waals surface area contributed by atoms with E-state index >= 15 is 0 Å². The predicted molar refractivity (Wildman–Crippen MR) is 108 cm³/mol. The van der Waals surface area contributed by atoms with Crippen molar-refractivity contribution in [3.8, 4) is 0 Å². The lowest BCUT2D eigenvalue weighted by molar-refractivity contribution is -0.138. The zero-order valence-corrected chi connectivity index (χ0v) is 16.8. The van der Waals surface area contributed by atoms with Gasteiger partial charge in [-0.1, -0.05) is 84.6 Å². The van der Waals surface area contributed by atoms with Crippen molar-refractivity contribution in [1.29, 1.82) is 0 Å². The van der Waals surface area contributed by atoms with Crippen molar-refractivity contribution in [2.45, 2.75) is 97.1 Å². The Hall–Kier alpha value is -0.870. The normalized spacial score (nSPS) is 11.0. The van der Waals surface area contributed by atoms with Crippen molar-refractivity contribution in [3.63, 3.8) is 0 Å². The third-order valence-electron chi connectivity index (χ3n) is 4.40. The molecular weight excluding hydrogens is 312 g/mol. The van der Waals surface area contributed by atoms with Crippen LogP contribution in [0.15, 0.2) is 12.7 Å². The van der Waals surface area contributed by atoms with Gasteiger partial charge in [0, 0.05) is 6.08 Å². The highest BCUT2D eigenvalue weighted by Crippen LogP contribution is 2.05. The van der Waals surface area contributed by atoms with E-state index in [9.17, 15) is 4.79 Å². The highest BCUT2D eigenvalue weighted by molar-refractivity contribution is 5.81. The number of nitrogens with one attached hydrogen (secondary N) is 2. The van der Waals surface area contributed by atoms with Gasteiger partial charge in [0.15, 0.2) is 0 Å². The van der Waals surface area contributed by atoms with E-state index in [1.165, 1.54) is 83.1 Å². The summed E-state index contributed by atoms with van der Waals surface area (Å²) >= 11 is 0. The third kappa shape index (κ3) is 17.7. The van der Waals surface area contributed by atoms with Gasteiger partial charge in [-0.05, 0) is 25.9 Å². The van der Waals surface area contributed by atoms with Crippen LogP contribution in [0.1, 0.15) is 90.9 Å². The second-order valence-corrected chi connectivity index (χ2v) is 6.83. The van der Waals surface area contributed by atoms with E-state index in [1.54, 1.807) is 0 Å². The van der Waals surface area contributed by atoms with Crippen molar-refractivity contribution >= 4 is 5.97 Å². The first kappa shape index (κ1) is 24.1. The van der Waals surface area contributed by atoms with Crippen molar-refractivity contribution in [1.82, 2.24) is 10.6 Å². The van der Waals surface area contributed by atoms with E-state index in [0.717, 1.165) is 13.1 Å². The Morgan fingerprint density at radius 1 is 0.840 bits per heavy atom. The monoisotopic (exact) mass is 354 g/mol. The fourth-order valence-electron chi connectivity index (χ4n) is 2.78. The fourth-order valence-corrected chi connectivity index (χ4v) is 2.78. The Morgan fingerprint density at radius 2 is 1.28 bits per heavy atom.